The van der Waals surface area contributed by atoms with Crippen molar-refractivity contribution in [2.45, 2.75) is 18.9 Å². The number of hydrogen-bond acceptors (Lipinski definition) is 3. The normalized spacial score (nSPS) is 19.9. The zero-order valence-corrected chi connectivity index (χ0v) is 10.1. The average molecular weight is 244 g/mol. The fraction of sp³-hybridized carbons (Fsp3) is 0.385. The number of fused-ring (bicyclic) bond motifs is 1. The minimum absolute atomic E-state index is 0.0962. The Morgan fingerprint density at radius 1 is 1.39 bits per heavy atom. The van der Waals surface area contributed by atoms with Gasteiger partial charge < -0.3 is 10.6 Å². The number of aromatic amines is 1. The summed E-state index contributed by atoms with van der Waals surface area (Å²) >= 11 is 0. The number of aromatic nitrogens is 2. The second-order valence-corrected chi connectivity index (χ2v) is 4.63. The van der Waals surface area contributed by atoms with Crippen molar-refractivity contribution in [2.24, 2.45) is 0 Å². The van der Waals surface area contributed by atoms with E-state index < -0.39 is 0 Å². The first-order valence-electron chi connectivity index (χ1n) is 6.29. The molecule has 1 aromatic heterocycles. The zero-order valence-electron chi connectivity index (χ0n) is 10.1. The number of nitrogens with zero attached hydrogens (tertiary/aromatic N) is 1. The zero-order chi connectivity index (χ0) is 12.4. The van der Waals surface area contributed by atoms with Crippen molar-refractivity contribution in [3.05, 3.63) is 30.0 Å². The van der Waals surface area contributed by atoms with Crippen molar-refractivity contribution in [3.63, 3.8) is 0 Å². The molecule has 0 radical (unpaired) electrons. The highest BCUT2D eigenvalue weighted by atomic mass is 16.2. The van der Waals surface area contributed by atoms with Gasteiger partial charge in [-0.3, -0.25) is 9.89 Å². The van der Waals surface area contributed by atoms with Gasteiger partial charge in [0.25, 0.3) is 5.91 Å². The Labute approximate surface area is 105 Å². The lowest BCUT2D eigenvalue weighted by molar-refractivity contribution is 0.0927. The number of H-pyrrole nitrogens is 1. The summed E-state index contributed by atoms with van der Waals surface area (Å²) in [5.41, 5.74) is 1.38. The third-order valence-corrected chi connectivity index (χ3v) is 3.32. The highest BCUT2D eigenvalue weighted by Gasteiger charge is 2.19. The maximum atomic E-state index is 12.2. The lowest BCUT2D eigenvalue weighted by Gasteiger charge is -2.23. The molecule has 0 unspecified atom stereocenters. The van der Waals surface area contributed by atoms with E-state index in [1.54, 1.807) is 0 Å². The Morgan fingerprint density at radius 2 is 2.28 bits per heavy atom. The molecule has 0 bridgehead atoms. The van der Waals surface area contributed by atoms with Gasteiger partial charge >= 0.3 is 0 Å². The van der Waals surface area contributed by atoms with Gasteiger partial charge in [0.2, 0.25) is 0 Å². The molecule has 94 valence electrons. The second-order valence-electron chi connectivity index (χ2n) is 4.63. The number of carbonyl (C=O) groups is 1. The molecule has 1 amide bonds. The number of piperidine rings is 1. The first-order valence-corrected chi connectivity index (χ1v) is 6.29. The van der Waals surface area contributed by atoms with E-state index >= 15 is 0 Å². The molecular formula is C13H16N4O. The van der Waals surface area contributed by atoms with Gasteiger partial charge in [0, 0.05) is 18.0 Å². The van der Waals surface area contributed by atoms with E-state index in [2.05, 4.69) is 20.8 Å². The molecule has 5 heteroatoms. The SMILES string of the molecule is O=C(N[C@@H]1CCCNC1)c1n[nH]c2ccccc12. The highest BCUT2D eigenvalue weighted by molar-refractivity contribution is 6.04. The number of benzene rings is 1. The van der Waals surface area contributed by atoms with Crippen LogP contribution in [0.3, 0.4) is 0 Å². The summed E-state index contributed by atoms with van der Waals surface area (Å²) in [6.07, 6.45) is 2.13. The molecule has 5 nitrogen and oxygen atoms in total. The van der Waals surface area contributed by atoms with Crippen LogP contribution in [0, 0.1) is 0 Å². The van der Waals surface area contributed by atoms with Gasteiger partial charge in [0.05, 0.1) is 5.52 Å². The number of carbonyl (C=O) groups excluding carboxylic acids is 1. The number of amides is 1. The maximum Gasteiger partial charge on any atom is 0.272 e. The topological polar surface area (TPSA) is 69.8 Å². The first kappa shape index (κ1) is 11.2. The Bertz CT molecular complexity index is 557. The Balaban J connectivity index is 1.79. The van der Waals surface area contributed by atoms with Gasteiger partial charge in [0.1, 0.15) is 0 Å². The molecule has 3 N–H and O–H groups in total. The van der Waals surface area contributed by atoms with Crippen LogP contribution in [0.5, 0.6) is 0 Å². The largest absolute Gasteiger partial charge is 0.347 e. The molecule has 3 rings (SSSR count). The molecule has 0 spiro atoms. The summed E-state index contributed by atoms with van der Waals surface area (Å²) < 4.78 is 0. The van der Waals surface area contributed by atoms with Crippen LogP contribution < -0.4 is 10.6 Å². The number of rotatable bonds is 2. The second kappa shape index (κ2) is 4.78. The summed E-state index contributed by atoms with van der Waals surface area (Å²) in [6.45, 7) is 1.88. The molecule has 1 fully saturated rings. The predicted molar refractivity (Wildman–Crippen MR) is 69.5 cm³/mol. The van der Waals surface area contributed by atoms with Crippen LogP contribution in [-0.2, 0) is 0 Å². The first-order chi connectivity index (χ1) is 8.84. The van der Waals surface area contributed by atoms with Crippen molar-refractivity contribution in [2.75, 3.05) is 13.1 Å². The molecule has 0 saturated carbocycles. The fourth-order valence-electron chi connectivity index (χ4n) is 2.37. The van der Waals surface area contributed by atoms with Crippen molar-refractivity contribution in [1.29, 1.82) is 0 Å². The molecule has 2 heterocycles. The van der Waals surface area contributed by atoms with E-state index in [0.29, 0.717) is 5.69 Å². The standard InChI is InChI=1S/C13H16N4O/c18-13(15-9-4-3-7-14-8-9)12-10-5-1-2-6-11(10)16-17-12/h1-2,5-6,9,14H,3-4,7-8H2,(H,15,18)(H,16,17)/t9-/m1/s1. The summed E-state index contributed by atoms with van der Waals surface area (Å²) in [5.74, 6) is -0.0962. The van der Waals surface area contributed by atoms with Crippen molar-refractivity contribution < 1.29 is 4.79 Å². The van der Waals surface area contributed by atoms with Crippen LogP contribution in [-0.4, -0.2) is 35.2 Å². The van der Waals surface area contributed by atoms with Crippen LogP contribution in [0.15, 0.2) is 24.3 Å². The molecular weight excluding hydrogens is 228 g/mol. The number of hydrogen-bond donors (Lipinski definition) is 3. The van der Waals surface area contributed by atoms with E-state index in [4.69, 9.17) is 0 Å². The highest BCUT2D eigenvalue weighted by Crippen LogP contribution is 2.15. The lowest BCUT2D eigenvalue weighted by atomic mass is 10.1. The van der Waals surface area contributed by atoms with Crippen molar-refractivity contribution >= 4 is 16.8 Å². The van der Waals surface area contributed by atoms with Crippen LogP contribution >= 0.6 is 0 Å². The summed E-state index contributed by atoms with van der Waals surface area (Å²) in [6, 6.07) is 7.87. The summed E-state index contributed by atoms with van der Waals surface area (Å²) in [5, 5.41) is 14.2. The average Bonchev–Trinajstić information content (AvgIpc) is 2.84. The molecule has 1 aliphatic rings. The van der Waals surface area contributed by atoms with Crippen LogP contribution in [0.25, 0.3) is 10.9 Å². The van der Waals surface area contributed by atoms with Crippen LogP contribution in [0.2, 0.25) is 0 Å². The molecule has 1 atom stereocenters. The van der Waals surface area contributed by atoms with E-state index in [0.717, 1.165) is 36.8 Å². The Hall–Kier alpha value is -1.88. The monoisotopic (exact) mass is 244 g/mol. The minimum Gasteiger partial charge on any atom is -0.347 e. The van der Waals surface area contributed by atoms with Gasteiger partial charge in [-0.1, -0.05) is 18.2 Å². The molecule has 2 aromatic rings. The molecule has 18 heavy (non-hydrogen) atoms. The molecule has 1 saturated heterocycles. The fourth-order valence-corrected chi connectivity index (χ4v) is 2.37. The smallest absolute Gasteiger partial charge is 0.272 e. The van der Waals surface area contributed by atoms with E-state index in [1.165, 1.54) is 0 Å². The van der Waals surface area contributed by atoms with Gasteiger partial charge in [-0.25, -0.2) is 0 Å². The molecule has 1 aliphatic heterocycles. The Kier molecular flexibility index (Phi) is 2.98. The van der Waals surface area contributed by atoms with E-state index in [9.17, 15) is 4.79 Å². The third-order valence-electron chi connectivity index (χ3n) is 3.32. The van der Waals surface area contributed by atoms with Crippen molar-refractivity contribution in [1.82, 2.24) is 20.8 Å². The molecule has 0 aliphatic carbocycles. The maximum absolute atomic E-state index is 12.2. The predicted octanol–water partition coefficient (Wildman–Crippen LogP) is 1.04. The van der Waals surface area contributed by atoms with Gasteiger partial charge in [-0.05, 0) is 25.5 Å². The van der Waals surface area contributed by atoms with Gasteiger partial charge in [-0.15, -0.1) is 0 Å². The number of nitrogens with one attached hydrogen (secondary N) is 3. The quantitative estimate of drug-likeness (QED) is 0.739. The summed E-state index contributed by atoms with van der Waals surface area (Å²) in [4.78, 5) is 12.2. The van der Waals surface area contributed by atoms with Crippen LogP contribution in [0.4, 0.5) is 0 Å². The lowest BCUT2D eigenvalue weighted by Crippen LogP contribution is -2.45. The van der Waals surface area contributed by atoms with Gasteiger partial charge in [-0.2, -0.15) is 5.10 Å². The van der Waals surface area contributed by atoms with E-state index in [-0.39, 0.29) is 11.9 Å². The molecule has 1 aromatic carbocycles. The minimum atomic E-state index is -0.0962. The summed E-state index contributed by atoms with van der Waals surface area (Å²) in [7, 11) is 0. The third kappa shape index (κ3) is 2.09. The number of para-hydroxylation sites is 1. The van der Waals surface area contributed by atoms with Crippen molar-refractivity contribution in [3.8, 4) is 0 Å². The van der Waals surface area contributed by atoms with E-state index in [1.807, 2.05) is 24.3 Å². The van der Waals surface area contributed by atoms with Crippen LogP contribution in [0.1, 0.15) is 23.3 Å². The van der Waals surface area contributed by atoms with Gasteiger partial charge in [0.15, 0.2) is 5.69 Å². The Morgan fingerprint density at radius 3 is 3.11 bits per heavy atom.